The van der Waals surface area contributed by atoms with Crippen LogP contribution in [0.5, 0.6) is 0 Å². The summed E-state index contributed by atoms with van der Waals surface area (Å²) in [6.07, 6.45) is 0. The Kier molecular flexibility index (Phi) is 4.67. The highest BCUT2D eigenvalue weighted by atomic mass is 19.2. The third-order valence-electron chi connectivity index (χ3n) is 1.89. The molecule has 18 heavy (non-hydrogen) atoms. The minimum absolute atomic E-state index is 0.0620. The smallest absolute Gasteiger partial charge is 0.313 e. The maximum Gasteiger partial charge on any atom is 0.313 e. The molecule has 98 valence electrons. The van der Waals surface area contributed by atoms with Crippen LogP contribution in [0.3, 0.4) is 0 Å². The maximum atomic E-state index is 13.1. The van der Waals surface area contributed by atoms with E-state index in [1.165, 1.54) is 0 Å². The molecule has 0 radical (unpaired) electrons. The number of benzene rings is 1. The van der Waals surface area contributed by atoms with E-state index in [4.69, 9.17) is 5.73 Å². The zero-order chi connectivity index (χ0) is 13.7. The summed E-state index contributed by atoms with van der Waals surface area (Å²) >= 11 is 0. The predicted octanol–water partition coefficient (Wildman–Crippen LogP) is 0.117. The van der Waals surface area contributed by atoms with E-state index < -0.39 is 35.0 Å². The molecule has 2 amide bonds. The zero-order valence-electron chi connectivity index (χ0n) is 9.10. The summed E-state index contributed by atoms with van der Waals surface area (Å²) in [4.78, 5) is 22.3. The molecule has 0 bridgehead atoms. The number of rotatable bonds is 3. The predicted molar refractivity (Wildman–Crippen MR) is 57.0 cm³/mol. The molecule has 0 heterocycles. The molecule has 0 unspecified atom stereocenters. The Hall–Kier alpha value is -2.09. The van der Waals surface area contributed by atoms with Gasteiger partial charge < -0.3 is 16.4 Å². The van der Waals surface area contributed by atoms with Crippen LogP contribution in [-0.4, -0.2) is 24.9 Å². The number of hydrogen-bond acceptors (Lipinski definition) is 3. The number of hydrogen-bond donors (Lipinski definition) is 3. The first-order valence-electron chi connectivity index (χ1n) is 4.89. The highest BCUT2D eigenvalue weighted by molar-refractivity contribution is 6.39. The van der Waals surface area contributed by atoms with E-state index in [0.29, 0.717) is 6.07 Å². The van der Waals surface area contributed by atoms with Crippen LogP contribution in [0, 0.1) is 17.5 Å². The number of nitrogens with one attached hydrogen (secondary N) is 2. The topological polar surface area (TPSA) is 84.2 Å². The van der Waals surface area contributed by atoms with Gasteiger partial charge in [-0.05, 0) is 0 Å². The van der Waals surface area contributed by atoms with Crippen LogP contribution in [0.25, 0.3) is 0 Å². The average Bonchev–Trinajstić information content (AvgIpc) is 2.32. The van der Waals surface area contributed by atoms with Crippen molar-refractivity contribution in [3.8, 4) is 0 Å². The standard InChI is InChI=1S/C10H10F3N3O2/c11-5-3-7(13)8(4-6(5)12)16-10(18)9(17)15-2-1-14/h3-4H,1-2,14H2,(H,15,17)(H,16,18). The van der Waals surface area contributed by atoms with E-state index in [9.17, 15) is 22.8 Å². The molecule has 0 aliphatic carbocycles. The molecule has 0 atom stereocenters. The van der Waals surface area contributed by atoms with Crippen LogP contribution in [-0.2, 0) is 9.59 Å². The minimum atomic E-state index is -1.39. The lowest BCUT2D eigenvalue weighted by molar-refractivity contribution is -0.136. The number of carbonyl (C=O) groups excluding carboxylic acids is 2. The van der Waals surface area contributed by atoms with Gasteiger partial charge in [-0.3, -0.25) is 9.59 Å². The lowest BCUT2D eigenvalue weighted by atomic mass is 10.2. The monoisotopic (exact) mass is 261 g/mol. The van der Waals surface area contributed by atoms with Gasteiger partial charge in [-0.1, -0.05) is 0 Å². The molecule has 4 N–H and O–H groups in total. The Morgan fingerprint density at radius 1 is 1.06 bits per heavy atom. The van der Waals surface area contributed by atoms with Gasteiger partial charge in [0, 0.05) is 25.2 Å². The minimum Gasteiger partial charge on any atom is -0.347 e. The average molecular weight is 261 g/mol. The van der Waals surface area contributed by atoms with E-state index in [1.54, 1.807) is 0 Å². The Labute approximate surface area is 100 Å². The van der Waals surface area contributed by atoms with Crippen LogP contribution in [0.2, 0.25) is 0 Å². The normalized spacial score (nSPS) is 10.0. The third kappa shape index (κ3) is 3.45. The molecule has 0 aliphatic rings. The van der Waals surface area contributed by atoms with E-state index in [1.807, 2.05) is 5.32 Å². The summed E-state index contributed by atoms with van der Waals surface area (Å²) < 4.78 is 38.5. The van der Waals surface area contributed by atoms with Crippen molar-refractivity contribution in [3.05, 3.63) is 29.6 Å². The fourth-order valence-electron chi connectivity index (χ4n) is 1.06. The van der Waals surface area contributed by atoms with Crippen LogP contribution < -0.4 is 16.4 Å². The van der Waals surface area contributed by atoms with Crippen LogP contribution >= 0.6 is 0 Å². The number of amides is 2. The van der Waals surface area contributed by atoms with Gasteiger partial charge in [0.25, 0.3) is 0 Å². The summed E-state index contributed by atoms with van der Waals surface area (Å²) in [5.41, 5.74) is 4.47. The summed E-state index contributed by atoms with van der Waals surface area (Å²) in [5.74, 6) is -6.17. The summed E-state index contributed by atoms with van der Waals surface area (Å²) in [5, 5.41) is 3.95. The molecule has 8 heteroatoms. The van der Waals surface area contributed by atoms with Gasteiger partial charge in [0.2, 0.25) is 0 Å². The molecule has 0 spiro atoms. The second-order valence-corrected chi connectivity index (χ2v) is 3.24. The van der Waals surface area contributed by atoms with Crippen molar-refractivity contribution in [2.24, 2.45) is 5.73 Å². The molecular weight excluding hydrogens is 251 g/mol. The molecule has 0 aromatic heterocycles. The number of anilines is 1. The first kappa shape index (κ1) is 14.0. The largest absolute Gasteiger partial charge is 0.347 e. The quantitative estimate of drug-likeness (QED) is 0.533. The van der Waals surface area contributed by atoms with Crippen LogP contribution in [0.1, 0.15) is 0 Å². The Morgan fingerprint density at radius 2 is 1.67 bits per heavy atom. The molecular formula is C10H10F3N3O2. The maximum absolute atomic E-state index is 13.1. The lowest BCUT2D eigenvalue weighted by Gasteiger charge is -2.07. The fraction of sp³-hybridized carbons (Fsp3) is 0.200. The van der Waals surface area contributed by atoms with E-state index in [-0.39, 0.29) is 19.2 Å². The highest BCUT2D eigenvalue weighted by Crippen LogP contribution is 2.18. The number of carbonyl (C=O) groups is 2. The van der Waals surface area contributed by atoms with Crippen molar-refractivity contribution < 1.29 is 22.8 Å². The van der Waals surface area contributed by atoms with Crippen molar-refractivity contribution in [1.29, 1.82) is 0 Å². The Bertz CT molecular complexity index is 480. The van der Waals surface area contributed by atoms with E-state index in [0.717, 1.165) is 0 Å². The number of nitrogens with two attached hydrogens (primary N) is 1. The van der Waals surface area contributed by atoms with E-state index in [2.05, 4.69) is 5.32 Å². The second kappa shape index (κ2) is 6.01. The van der Waals surface area contributed by atoms with Crippen LogP contribution in [0.15, 0.2) is 12.1 Å². The van der Waals surface area contributed by atoms with Gasteiger partial charge in [0.05, 0.1) is 5.69 Å². The zero-order valence-corrected chi connectivity index (χ0v) is 9.10. The SMILES string of the molecule is NCCNC(=O)C(=O)Nc1cc(F)c(F)cc1F. The van der Waals surface area contributed by atoms with Crippen molar-refractivity contribution in [2.75, 3.05) is 18.4 Å². The van der Waals surface area contributed by atoms with Crippen molar-refractivity contribution >= 4 is 17.5 Å². The molecule has 0 fully saturated rings. The summed E-state index contributed by atoms with van der Waals surface area (Å²) in [7, 11) is 0. The molecule has 1 aromatic carbocycles. The summed E-state index contributed by atoms with van der Waals surface area (Å²) in [6.45, 7) is 0.186. The van der Waals surface area contributed by atoms with E-state index >= 15 is 0 Å². The first-order valence-corrected chi connectivity index (χ1v) is 4.89. The summed E-state index contributed by atoms with van der Waals surface area (Å²) in [6, 6.07) is 0.710. The van der Waals surface area contributed by atoms with Gasteiger partial charge in [-0.25, -0.2) is 13.2 Å². The number of halogens is 3. The van der Waals surface area contributed by atoms with Gasteiger partial charge >= 0.3 is 11.8 Å². The van der Waals surface area contributed by atoms with Crippen LogP contribution in [0.4, 0.5) is 18.9 Å². The second-order valence-electron chi connectivity index (χ2n) is 3.24. The highest BCUT2D eigenvalue weighted by Gasteiger charge is 2.17. The molecule has 0 saturated carbocycles. The molecule has 0 aliphatic heterocycles. The van der Waals surface area contributed by atoms with Crippen molar-refractivity contribution in [3.63, 3.8) is 0 Å². The lowest BCUT2D eigenvalue weighted by Crippen LogP contribution is -2.38. The Morgan fingerprint density at radius 3 is 2.28 bits per heavy atom. The van der Waals surface area contributed by atoms with Gasteiger partial charge in [0.1, 0.15) is 5.82 Å². The molecule has 1 aromatic rings. The molecule has 0 saturated heterocycles. The fourth-order valence-corrected chi connectivity index (χ4v) is 1.06. The first-order chi connectivity index (χ1) is 8.45. The molecule has 5 nitrogen and oxygen atoms in total. The van der Waals surface area contributed by atoms with Gasteiger partial charge in [0.15, 0.2) is 11.6 Å². The van der Waals surface area contributed by atoms with Gasteiger partial charge in [-0.15, -0.1) is 0 Å². The molecule has 1 rings (SSSR count). The van der Waals surface area contributed by atoms with Crippen molar-refractivity contribution in [2.45, 2.75) is 0 Å². The van der Waals surface area contributed by atoms with Gasteiger partial charge in [-0.2, -0.15) is 0 Å². The third-order valence-corrected chi connectivity index (χ3v) is 1.89. The Balaban J connectivity index is 2.76. The van der Waals surface area contributed by atoms with Crippen molar-refractivity contribution in [1.82, 2.24) is 5.32 Å².